The fourth-order valence-corrected chi connectivity index (χ4v) is 6.82. The lowest BCUT2D eigenvalue weighted by atomic mass is 10.0. The van der Waals surface area contributed by atoms with E-state index in [1.165, 1.54) is 32.0 Å². The Morgan fingerprint density at radius 2 is 1.45 bits per heavy atom. The molecule has 0 spiro atoms. The van der Waals surface area contributed by atoms with E-state index in [-0.39, 0.29) is 16.5 Å². The number of hydrogen-bond donors (Lipinski definition) is 1. The lowest BCUT2D eigenvalue weighted by molar-refractivity contribution is -0.136. The molecule has 1 aromatic heterocycles. The number of carboxylic acid groups (broad SMARTS) is 1. The van der Waals surface area contributed by atoms with Crippen LogP contribution in [0, 0.1) is 0 Å². The predicted octanol–water partition coefficient (Wildman–Crippen LogP) is 10.2. The molecule has 0 atom stereocenters. The van der Waals surface area contributed by atoms with E-state index >= 15 is 0 Å². The van der Waals surface area contributed by atoms with Gasteiger partial charge in [-0.25, -0.2) is 0 Å². The van der Waals surface area contributed by atoms with Crippen LogP contribution in [-0.2, 0) is 39.7 Å². The Kier molecular flexibility index (Phi) is 12.2. The largest absolute Gasteiger partial charge is 0.481 e. The molecule has 0 fully saturated rings. The first-order valence-electron chi connectivity index (χ1n) is 14.7. The molecule has 0 saturated heterocycles. The van der Waals surface area contributed by atoms with Gasteiger partial charge in [-0.15, -0.1) is 11.3 Å². The van der Waals surface area contributed by atoms with Gasteiger partial charge in [0.15, 0.2) is 16.6 Å². The van der Waals surface area contributed by atoms with Crippen molar-refractivity contribution in [2.45, 2.75) is 130 Å². The lowest BCUT2D eigenvalue weighted by Crippen LogP contribution is -2.41. The summed E-state index contributed by atoms with van der Waals surface area (Å²) in [5, 5.41) is 9.30. The van der Waals surface area contributed by atoms with Gasteiger partial charge in [-0.05, 0) is 96.3 Å². The summed E-state index contributed by atoms with van der Waals surface area (Å²) in [5.74, 6) is -0.745. The minimum absolute atomic E-state index is 0.165. The van der Waals surface area contributed by atoms with Crippen molar-refractivity contribution in [2.75, 3.05) is 0 Å². The van der Waals surface area contributed by atoms with Crippen LogP contribution in [0.1, 0.15) is 94.2 Å². The number of benzene rings is 1. The van der Waals surface area contributed by atoms with Gasteiger partial charge in [0.1, 0.15) is 0 Å². The maximum absolute atomic E-state index is 10.9. The first kappa shape index (κ1) is 34.7. The molecule has 0 amide bonds. The van der Waals surface area contributed by atoms with E-state index in [1.807, 2.05) is 11.3 Å². The van der Waals surface area contributed by atoms with E-state index in [1.54, 1.807) is 0 Å². The Hall–Kier alpha value is -1.52. The topological polar surface area (TPSA) is 55.8 Å². The average molecular weight is 603 g/mol. The van der Waals surface area contributed by atoms with Gasteiger partial charge in [0.2, 0.25) is 0 Å². The summed E-state index contributed by atoms with van der Waals surface area (Å²) in [5.41, 5.74) is 5.06. The van der Waals surface area contributed by atoms with Crippen molar-refractivity contribution < 1.29 is 18.8 Å². The van der Waals surface area contributed by atoms with Gasteiger partial charge in [-0.2, -0.15) is 0 Å². The summed E-state index contributed by atoms with van der Waals surface area (Å²) < 4.78 is 13.3. The molecule has 0 aliphatic heterocycles. The van der Waals surface area contributed by atoms with Gasteiger partial charge in [0.05, 0.1) is 13.2 Å². The van der Waals surface area contributed by atoms with E-state index in [0.29, 0.717) is 19.6 Å². The van der Waals surface area contributed by atoms with Crippen molar-refractivity contribution >= 4 is 39.5 Å². The molecule has 0 unspecified atom stereocenters. The first-order valence-corrected chi connectivity index (χ1v) is 21.4. The molecule has 0 aliphatic carbocycles. The highest BCUT2D eigenvalue weighted by Crippen LogP contribution is 2.39. The molecular formula is C33H54O4SSi2. The summed E-state index contributed by atoms with van der Waals surface area (Å²) in [4.78, 5) is 13.5. The lowest BCUT2D eigenvalue weighted by Gasteiger charge is -2.37. The van der Waals surface area contributed by atoms with Crippen LogP contribution < -0.4 is 0 Å². The fourth-order valence-electron chi connectivity index (χ4n) is 3.80. The fraction of sp³-hybridized carbons (Fsp3) is 0.606. The van der Waals surface area contributed by atoms with Crippen LogP contribution in [0.25, 0.3) is 5.57 Å². The second-order valence-corrected chi connectivity index (χ2v) is 24.8. The van der Waals surface area contributed by atoms with Crippen LogP contribution in [0.5, 0.6) is 0 Å². The molecule has 7 heteroatoms. The maximum atomic E-state index is 10.9. The number of aryl methyl sites for hydroxylation is 2. The molecule has 1 heterocycles. The summed E-state index contributed by atoms with van der Waals surface area (Å²) in [6.45, 7) is 26.4. The molecule has 4 nitrogen and oxygen atoms in total. The van der Waals surface area contributed by atoms with Crippen LogP contribution in [0.3, 0.4) is 0 Å². The highest BCUT2D eigenvalue weighted by Gasteiger charge is 2.38. The Labute approximate surface area is 250 Å². The third kappa shape index (κ3) is 10.1. The zero-order chi connectivity index (χ0) is 30.4. The molecule has 0 saturated carbocycles. The number of carbonyl (C=O) groups is 1. The van der Waals surface area contributed by atoms with Gasteiger partial charge in [-0.3, -0.25) is 4.79 Å². The summed E-state index contributed by atoms with van der Waals surface area (Å²) >= 11 is 1.83. The molecule has 1 N–H and O–H groups in total. The van der Waals surface area contributed by atoms with E-state index in [9.17, 15) is 4.79 Å². The van der Waals surface area contributed by atoms with Crippen LogP contribution in [-0.4, -0.2) is 27.7 Å². The number of allylic oxidation sites excluding steroid dienone is 2. The quantitative estimate of drug-likeness (QED) is 0.219. The van der Waals surface area contributed by atoms with Crippen molar-refractivity contribution in [3.8, 4) is 0 Å². The van der Waals surface area contributed by atoms with E-state index in [0.717, 1.165) is 19.3 Å². The first-order chi connectivity index (χ1) is 18.4. The minimum atomic E-state index is -1.88. The molecule has 0 radical (unpaired) electrons. The highest BCUT2D eigenvalue weighted by atomic mass is 32.1. The third-order valence-corrected chi connectivity index (χ3v) is 19.0. The summed E-state index contributed by atoms with van der Waals surface area (Å²) in [6, 6.07) is 11.3. The Morgan fingerprint density at radius 1 is 0.875 bits per heavy atom. The van der Waals surface area contributed by atoms with Crippen LogP contribution >= 0.6 is 11.3 Å². The summed E-state index contributed by atoms with van der Waals surface area (Å²) in [6.07, 6.45) is 5.72. The van der Waals surface area contributed by atoms with Crippen molar-refractivity contribution in [3.63, 3.8) is 0 Å². The Balaban J connectivity index is 2.21. The minimum Gasteiger partial charge on any atom is -0.481 e. The van der Waals surface area contributed by atoms with Crippen molar-refractivity contribution in [3.05, 3.63) is 62.9 Å². The Bertz CT molecular complexity index is 1150. The zero-order valence-corrected chi connectivity index (χ0v) is 29.8. The molecule has 0 aliphatic rings. The second kappa shape index (κ2) is 14.1. The number of hydrogen-bond acceptors (Lipinski definition) is 4. The highest BCUT2D eigenvalue weighted by molar-refractivity contribution is 7.13. The second-order valence-electron chi connectivity index (χ2n) is 14.0. The predicted molar refractivity (Wildman–Crippen MR) is 177 cm³/mol. The molecular weight excluding hydrogens is 549 g/mol. The molecule has 40 heavy (non-hydrogen) atoms. The van der Waals surface area contributed by atoms with E-state index in [2.05, 4.69) is 111 Å². The van der Waals surface area contributed by atoms with Gasteiger partial charge < -0.3 is 14.0 Å². The molecule has 1 aromatic carbocycles. The summed E-state index contributed by atoms with van der Waals surface area (Å²) in [7, 11) is -3.75. The standard InChI is InChI=1S/C33H54O4SSi2/c1-12-26(14-13-15-31(34)35)30-21-20-29(38-30)19-17-25-16-18-27(23-36-39(8,9)32(2,3)4)28(22-25)24-37-40(10,11)33(5,6)7/h14,16,18,20-22H,12-13,15,17,19,23-24H2,1-11H3,(H,34,35). The van der Waals surface area contributed by atoms with Gasteiger partial charge in [0, 0.05) is 16.2 Å². The van der Waals surface area contributed by atoms with Crippen LogP contribution in [0.4, 0.5) is 0 Å². The van der Waals surface area contributed by atoms with Crippen molar-refractivity contribution in [1.82, 2.24) is 0 Å². The van der Waals surface area contributed by atoms with Gasteiger partial charge in [-0.1, -0.05) is 72.7 Å². The molecule has 2 rings (SSSR count). The van der Waals surface area contributed by atoms with Gasteiger partial charge in [0.25, 0.3) is 0 Å². The third-order valence-electron chi connectivity index (χ3n) is 8.83. The number of thiophene rings is 1. The van der Waals surface area contributed by atoms with Gasteiger partial charge >= 0.3 is 5.97 Å². The van der Waals surface area contributed by atoms with Crippen molar-refractivity contribution in [1.29, 1.82) is 0 Å². The van der Waals surface area contributed by atoms with Crippen LogP contribution in [0.2, 0.25) is 36.3 Å². The smallest absolute Gasteiger partial charge is 0.303 e. The molecule has 224 valence electrons. The maximum Gasteiger partial charge on any atom is 0.303 e. The normalized spacial score (nSPS) is 13.6. The number of aliphatic carboxylic acids is 1. The average Bonchev–Trinajstić information content (AvgIpc) is 3.30. The monoisotopic (exact) mass is 602 g/mol. The van der Waals surface area contributed by atoms with E-state index in [4.69, 9.17) is 14.0 Å². The molecule has 0 bridgehead atoms. The van der Waals surface area contributed by atoms with E-state index < -0.39 is 22.6 Å². The SMILES string of the molecule is CCC(=CCCC(=O)O)c1ccc(CCc2ccc(CO[Si](C)(C)C(C)(C)C)c(CO[Si](C)(C)C(C)(C)C)c2)s1. The zero-order valence-electron chi connectivity index (χ0n) is 27.0. The van der Waals surface area contributed by atoms with Crippen LogP contribution in [0.15, 0.2) is 36.4 Å². The Morgan fingerprint density at radius 3 is 1.98 bits per heavy atom. The molecule has 2 aromatic rings. The number of rotatable bonds is 14. The van der Waals surface area contributed by atoms with Crippen molar-refractivity contribution in [2.24, 2.45) is 0 Å². The number of carboxylic acids is 1.